The van der Waals surface area contributed by atoms with Gasteiger partial charge in [0.15, 0.2) is 5.78 Å². The average molecular weight is 619 g/mol. The molecule has 1 aliphatic heterocycles. The maximum Gasteiger partial charge on any atom is 0.343 e. The highest BCUT2D eigenvalue weighted by Gasteiger charge is 2.61. The summed E-state index contributed by atoms with van der Waals surface area (Å²) in [7, 11) is 1.49. The number of ketones is 1. The van der Waals surface area contributed by atoms with Crippen LogP contribution in [0.15, 0.2) is 78.9 Å². The summed E-state index contributed by atoms with van der Waals surface area (Å²) in [6.07, 6.45) is 4.61. The zero-order valence-electron chi connectivity index (χ0n) is 22.7. The van der Waals surface area contributed by atoms with E-state index < -0.39 is 47.9 Å². The van der Waals surface area contributed by atoms with Crippen LogP contribution in [0.1, 0.15) is 37.5 Å². The Balaban J connectivity index is 1.24. The Morgan fingerprint density at radius 3 is 2.09 bits per heavy atom. The number of carbonyl (C=O) groups excluding carboxylic acids is 5. The number of fused-ring (bicyclic) bond motifs is 5. The third kappa shape index (κ3) is 5.19. The number of hydrazine groups is 1. The van der Waals surface area contributed by atoms with Crippen LogP contribution in [0, 0.1) is 23.7 Å². The molecule has 1 heterocycles. The number of rotatable bonds is 8. The molecule has 1 saturated carbocycles. The Morgan fingerprint density at radius 1 is 0.814 bits per heavy atom. The number of hydrogen-bond donors (Lipinski definition) is 0. The van der Waals surface area contributed by atoms with Crippen LogP contribution in [0.3, 0.4) is 0 Å². The molecule has 6 rings (SSSR count). The van der Waals surface area contributed by atoms with E-state index in [2.05, 4.69) is 0 Å². The van der Waals surface area contributed by atoms with Crippen molar-refractivity contribution in [3.8, 4) is 11.5 Å². The van der Waals surface area contributed by atoms with E-state index in [0.29, 0.717) is 5.75 Å². The zero-order chi connectivity index (χ0) is 30.4. The van der Waals surface area contributed by atoms with E-state index in [1.165, 1.54) is 55.6 Å². The monoisotopic (exact) mass is 618 g/mol. The SMILES string of the molecule is COc1cccc(C(=O)Oc2ccc(C(=O)CN(C(=O)c3ccc(Cl)c(Cl)c3)N3C(=O)[C@@H]4[C@H](C3=O)[C@H]3C=C[C@H]4C3)cc2)c1. The van der Waals surface area contributed by atoms with Crippen molar-refractivity contribution in [1.82, 2.24) is 10.0 Å². The van der Waals surface area contributed by atoms with Crippen molar-refractivity contribution in [2.75, 3.05) is 13.7 Å². The van der Waals surface area contributed by atoms with Gasteiger partial charge < -0.3 is 9.47 Å². The molecule has 3 amide bonds. The summed E-state index contributed by atoms with van der Waals surface area (Å²) >= 11 is 12.2. The van der Waals surface area contributed by atoms with E-state index in [1.807, 2.05) is 12.2 Å². The van der Waals surface area contributed by atoms with Crippen LogP contribution >= 0.6 is 23.2 Å². The minimum absolute atomic E-state index is 0.0563. The van der Waals surface area contributed by atoms with Gasteiger partial charge in [0.05, 0.1) is 34.6 Å². The second kappa shape index (κ2) is 11.3. The van der Waals surface area contributed by atoms with E-state index in [0.717, 1.165) is 16.4 Å². The molecule has 3 aromatic carbocycles. The van der Waals surface area contributed by atoms with Crippen molar-refractivity contribution >= 4 is 52.7 Å². The van der Waals surface area contributed by atoms with Gasteiger partial charge in [0.2, 0.25) is 0 Å². The van der Waals surface area contributed by atoms with Gasteiger partial charge in [0.25, 0.3) is 17.7 Å². The molecule has 9 nitrogen and oxygen atoms in total. The standard InChI is InChI=1S/C32H24Cl2N2O7/c1-42-23-4-2-3-21(14-23)32(41)43-22-10-7-17(8-11-22)26(37)16-35(29(38)20-9-12-24(33)25(34)15-20)36-30(39)27-18-5-6-19(13-18)28(27)31(36)40/h2-12,14-15,18-19,27-28H,13,16H2,1H3/t18-,19-,27-,28+/m0/s1. The molecule has 2 aliphatic carbocycles. The third-order valence-electron chi connectivity index (χ3n) is 8.08. The van der Waals surface area contributed by atoms with Crippen LogP contribution in [0.2, 0.25) is 10.0 Å². The number of hydrogen-bond acceptors (Lipinski definition) is 7. The Morgan fingerprint density at radius 2 is 1.47 bits per heavy atom. The first-order valence-electron chi connectivity index (χ1n) is 13.5. The molecule has 2 fully saturated rings. The summed E-state index contributed by atoms with van der Waals surface area (Å²) in [4.78, 5) is 66.9. The van der Waals surface area contributed by atoms with Gasteiger partial charge >= 0.3 is 5.97 Å². The first-order chi connectivity index (χ1) is 20.7. The molecule has 0 radical (unpaired) electrons. The Bertz CT molecular complexity index is 1670. The number of amides is 3. The van der Waals surface area contributed by atoms with Gasteiger partial charge in [-0.15, -0.1) is 0 Å². The number of methoxy groups -OCH3 is 1. The van der Waals surface area contributed by atoms with Crippen molar-refractivity contribution in [2.24, 2.45) is 23.7 Å². The number of esters is 1. The van der Waals surface area contributed by atoms with E-state index in [-0.39, 0.29) is 44.3 Å². The van der Waals surface area contributed by atoms with Gasteiger partial charge in [0.1, 0.15) is 18.0 Å². The van der Waals surface area contributed by atoms with Gasteiger partial charge in [0, 0.05) is 11.1 Å². The highest BCUT2D eigenvalue weighted by molar-refractivity contribution is 6.42. The number of ether oxygens (including phenoxy) is 2. The smallest absolute Gasteiger partial charge is 0.343 e. The molecular weight excluding hydrogens is 595 g/mol. The minimum Gasteiger partial charge on any atom is -0.497 e. The topological polar surface area (TPSA) is 110 Å². The molecule has 0 unspecified atom stereocenters. The van der Waals surface area contributed by atoms with Crippen LogP contribution < -0.4 is 9.47 Å². The van der Waals surface area contributed by atoms with Crippen LogP contribution in [-0.4, -0.2) is 53.1 Å². The summed E-state index contributed by atoms with van der Waals surface area (Å²) in [6, 6.07) is 16.4. The molecule has 0 aromatic heterocycles. The Labute approximate surface area is 256 Å². The molecule has 0 spiro atoms. The summed E-state index contributed by atoms with van der Waals surface area (Å²) in [5.41, 5.74) is 0.513. The number of allylic oxidation sites excluding steroid dienone is 2. The van der Waals surface area contributed by atoms with Gasteiger partial charge in [-0.2, -0.15) is 5.01 Å². The molecule has 1 saturated heterocycles. The quantitative estimate of drug-likeness (QED) is 0.111. The van der Waals surface area contributed by atoms with Crippen LogP contribution in [0.5, 0.6) is 11.5 Å². The number of halogens is 2. The number of Topliss-reactive ketones (excluding diaryl/α,β-unsaturated/α-hetero) is 1. The number of carbonyl (C=O) groups is 5. The lowest BCUT2D eigenvalue weighted by atomic mass is 9.85. The normalized spacial score (nSPS) is 21.6. The fraction of sp³-hybridized carbons (Fsp3) is 0.219. The average Bonchev–Trinajstić information content (AvgIpc) is 3.71. The lowest BCUT2D eigenvalue weighted by molar-refractivity contribution is -0.154. The summed E-state index contributed by atoms with van der Waals surface area (Å²) in [6.45, 7) is -0.596. The molecule has 43 heavy (non-hydrogen) atoms. The molecule has 2 bridgehead atoms. The van der Waals surface area contributed by atoms with E-state index in [1.54, 1.807) is 18.2 Å². The highest BCUT2D eigenvalue weighted by Crippen LogP contribution is 2.52. The van der Waals surface area contributed by atoms with Gasteiger partial charge in [-0.25, -0.2) is 9.80 Å². The predicted molar refractivity (Wildman–Crippen MR) is 156 cm³/mol. The molecule has 3 aromatic rings. The zero-order valence-corrected chi connectivity index (χ0v) is 24.2. The fourth-order valence-corrected chi connectivity index (χ4v) is 6.29. The van der Waals surface area contributed by atoms with Crippen molar-refractivity contribution in [2.45, 2.75) is 6.42 Å². The van der Waals surface area contributed by atoms with Crippen molar-refractivity contribution in [1.29, 1.82) is 0 Å². The fourth-order valence-electron chi connectivity index (χ4n) is 5.99. The first kappa shape index (κ1) is 28.6. The third-order valence-corrected chi connectivity index (χ3v) is 8.81. The summed E-state index contributed by atoms with van der Waals surface area (Å²) in [5, 5.41) is 2.05. The van der Waals surface area contributed by atoms with Gasteiger partial charge in [-0.3, -0.25) is 19.2 Å². The van der Waals surface area contributed by atoms with Crippen LogP contribution in [0.4, 0.5) is 0 Å². The van der Waals surface area contributed by atoms with Crippen LogP contribution in [-0.2, 0) is 9.59 Å². The predicted octanol–water partition coefficient (Wildman–Crippen LogP) is 5.27. The molecule has 11 heteroatoms. The molecule has 218 valence electrons. The summed E-state index contributed by atoms with van der Waals surface area (Å²) < 4.78 is 10.5. The van der Waals surface area contributed by atoms with Gasteiger partial charge in [-0.1, -0.05) is 41.4 Å². The maximum absolute atomic E-state index is 13.8. The van der Waals surface area contributed by atoms with Crippen molar-refractivity contribution < 1.29 is 33.4 Å². The lowest BCUT2D eigenvalue weighted by Crippen LogP contribution is -2.52. The minimum atomic E-state index is -0.752. The Hall–Kier alpha value is -4.47. The Kier molecular flexibility index (Phi) is 7.54. The van der Waals surface area contributed by atoms with Crippen molar-refractivity contribution in [3.05, 3.63) is 106 Å². The van der Waals surface area contributed by atoms with E-state index in [4.69, 9.17) is 32.7 Å². The first-order valence-corrected chi connectivity index (χ1v) is 14.2. The maximum atomic E-state index is 13.8. The van der Waals surface area contributed by atoms with Crippen molar-refractivity contribution in [3.63, 3.8) is 0 Å². The second-order valence-electron chi connectivity index (χ2n) is 10.5. The second-order valence-corrected chi connectivity index (χ2v) is 11.4. The highest BCUT2D eigenvalue weighted by atomic mass is 35.5. The van der Waals surface area contributed by atoms with E-state index >= 15 is 0 Å². The largest absolute Gasteiger partial charge is 0.497 e. The molecular formula is C32H24Cl2N2O7. The number of nitrogens with zero attached hydrogens (tertiary/aromatic N) is 2. The van der Waals surface area contributed by atoms with Crippen LogP contribution in [0.25, 0.3) is 0 Å². The number of benzene rings is 3. The summed E-state index contributed by atoms with van der Waals surface area (Å²) in [5.74, 6) is -3.54. The molecule has 3 aliphatic rings. The van der Waals surface area contributed by atoms with E-state index in [9.17, 15) is 24.0 Å². The molecule has 4 atom stereocenters. The van der Waals surface area contributed by atoms with Gasteiger partial charge in [-0.05, 0) is 78.9 Å². The lowest BCUT2D eigenvalue weighted by Gasteiger charge is -2.31. The number of imide groups is 1. The molecule has 0 N–H and O–H groups in total.